The number of benzene rings is 1. The molecule has 0 saturated heterocycles. The maximum Gasteiger partial charge on any atom is 0.150 e. The van der Waals surface area contributed by atoms with Crippen LogP contribution in [0.3, 0.4) is 0 Å². The van der Waals surface area contributed by atoms with Gasteiger partial charge in [-0.05, 0) is 12.1 Å². The molecule has 0 aliphatic rings. The summed E-state index contributed by atoms with van der Waals surface area (Å²) in [4.78, 5) is 0. The SMILES string of the molecule is Cn1ccc2cc(F)cc(F)c21. The fraction of sp³-hybridized carbons (Fsp3) is 0.111. The number of aromatic nitrogens is 1. The summed E-state index contributed by atoms with van der Waals surface area (Å²) >= 11 is 0. The van der Waals surface area contributed by atoms with Crippen molar-refractivity contribution in [3.05, 3.63) is 36.0 Å². The number of rotatable bonds is 0. The van der Waals surface area contributed by atoms with E-state index < -0.39 is 11.6 Å². The molecule has 0 atom stereocenters. The maximum atomic E-state index is 13.1. The zero-order valence-corrected chi connectivity index (χ0v) is 6.51. The molecule has 0 aliphatic heterocycles. The molecule has 0 amide bonds. The average Bonchev–Trinajstić information content (AvgIpc) is 2.31. The van der Waals surface area contributed by atoms with Crippen molar-refractivity contribution in [2.75, 3.05) is 0 Å². The summed E-state index contributed by atoms with van der Waals surface area (Å²) in [7, 11) is 1.73. The smallest absolute Gasteiger partial charge is 0.150 e. The molecule has 12 heavy (non-hydrogen) atoms. The molecule has 1 aromatic heterocycles. The summed E-state index contributed by atoms with van der Waals surface area (Å²) in [6.07, 6.45) is 1.70. The lowest BCUT2D eigenvalue weighted by Crippen LogP contribution is -1.88. The lowest BCUT2D eigenvalue weighted by molar-refractivity contribution is 0.588. The highest BCUT2D eigenvalue weighted by atomic mass is 19.1. The van der Waals surface area contributed by atoms with Gasteiger partial charge in [0.15, 0.2) is 0 Å². The van der Waals surface area contributed by atoms with Crippen LogP contribution in [-0.2, 0) is 7.05 Å². The number of hydrogen-bond acceptors (Lipinski definition) is 0. The fourth-order valence-electron chi connectivity index (χ4n) is 1.35. The van der Waals surface area contributed by atoms with Crippen molar-refractivity contribution in [3.8, 4) is 0 Å². The first kappa shape index (κ1) is 7.28. The van der Waals surface area contributed by atoms with Crippen molar-refractivity contribution in [1.82, 2.24) is 4.57 Å². The van der Waals surface area contributed by atoms with E-state index in [9.17, 15) is 8.78 Å². The van der Waals surface area contributed by atoms with Gasteiger partial charge >= 0.3 is 0 Å². The Morgan fingerprint density at radius 3 is 2.75 bits per heavy atom. The molecule has 0 saturated carbocycles. The predicted molar refractivity (Wildman–Crippen MR) is 42.8 cm³/mol. The zero-order valence-electron chi connectivity index (χ0n) is 6.51. The molecular weight excluding hydrogens is 160 g/mol. The van der Waals surface area contributed by atoms with Gasteiger partial charge in [0.1, 0.15) is 11.6 Å². The van der Waals surface area contributed by atoms with Gasteiger partial charge in [-0.25, -0.2) is 8.78 Å². The lowest BCUT2D eigenvalue weighted by Gasteiger charge is -1.97. The van der Waals surface area contributed by atoms with Crippen LogP contribution in [0.5, 0.6) is 0 Å². The van der Waals surface area contributed by atoms with Gasteiger partial charge in [0.05, 0.1) is 5.52 Å². The monoisotopic (exact) mass is 167 g/mol. The molecule has 62 valence electrons. The Morgan fingerprint density at radius 1 is 1.25 bits per heavy atom. The third kappa shape index (κ3) is 0.897. The summed E-state index contributed by atoms with van der Waals surface area (Å²) < 4.78 is 27.4. The molecule has 2 rings (SSSR count). The van der Waals surface area contributed by atoms with E-state index in [4.69, 9.17) is 0 Å². The molecule has 0 N–H and O–H groups in total. The first-order valence-electron chi connectivity index (χ1n) is 3.58. The Kier molecular flexibility index (Phi) is 1.40. The van der Waals surface area contributed by atoms with Crippen molar-refractivity contribution >= 4 is 10.9 Å². The number of hydrogen-bond donors (Lipinski definition) is 0. The van der Waals surface area contributed by atoms with Crippen LogP contribution in [-0.4, -0.2) is 4.57 Å². The Balaban J connectivity index is 2.93. The summed E-state index contributed by atoms with van der Waals surface area (Å²) in [5.74, 6) is -1.05. The van der Waals surface area contributed by atoms with Crippen LogP contribution in [0.15, 0.2) is 24.4 Å². The zero-order chi connectivity index (χ0) is 8.72. The summed E-state index contributed by atoms with van der Waals surface area (Å²) in [5, 5.41) is 0.593. The van der Waals surface area contributed by atoms with Crippen LogP contribution in [0.2, 0.25) is 0 Å². The van der Waals surface area contributed by atoms with E-state index in [2.05, 4.69) is 0 Å². The summed E-state index contributed by atoms with van der Waals surface area (Å²) in [5.41, 5.74) is 0.441. The van der Waals surface area contributed by atoms with E-state index in [-0.39, 0.29) is 0 Å². The molecule has 0 fully saturated rings. The van der Waals surface area contributed by atoms with Crippen molar-refractivity contribution in [2.24, 2.45) is 7.05 Å². The molecule has 0 unspecified atom stereocenters. The predicted octanol–water partition coefficient (Wildman–Crippen LogP) is 2.46. The van der Waals surface area contributed by atoms with Crippen molar-refractivity contribution in [2.45, 2.75) is 0 Å². The molecule has 1 nitrogen and oxygen atoms in total. The Labute approximate surface area is 68.2 Å². The second-order valence-electron chi connectivity index (χ2n) is 2.75. The number of fused-ring (bicyclic) bond motifs is 1. The third-order valence-electron chi connectivity index (χ3n) is 1.89. The van der Waals surface area contributed by atoms with Crippen molar-refractivity contribution in [1.29, 1.82) is 0 Å². The minimum absolute atomic E-state index is 0.441. The van der Waals surface area contributed by atoms with Crippen LogP contribution in [0.25, 0.3) is 10.9 Å². The van der Waals surface area contributed by atoms with E-state index in [1.807, 2.05) is 0 Å². The quantitative estimate of drug-likeness (QED) is 0.568. The van der Waals surface area contributed by atoms with Gasteiger partial charge in [0, 0.05) is 24.7 Å². The number of nitrogens with zero attached hydrogens (tertiary/aromatic N) is 1. The molecule has 0 radical (unpaired) electrons. The number of aryl methyl sites for hydroxylation is 1. The van der Waals surface area contributed by atoms with E-state index >= 15 is 0 Å². The van der Waals surface area contributed by atoms with Crippen molar-refractivity contribution in [3.63, 3.8) is 0 Å². The van der Waals surface area contributed by atoms with Gasteiger partial charge in [0.2, 0.25) is 0 Å². The molecule has 0 aliphatic carbocycles. The topological polar surface area (TPSA) is 4.93 Å². The molecule has 0 bridgehead atoms. The Morgan fingerprint density at radius 2 is 2.00 bits per heavy atom. The minimum Gasteiger partial charge on any atom is -0.348 e. The standard InChI is InChI=1S/C9H7F2N/c1-12-3-2-6-4-7(10)5-8(11)9(6)12/h2-5H,1H3. The molecule has 2 aromatic rings. The third-order valence-corrected chi connectivity index (χ3v) is 1.89. The van der Waals surface area contributed by atoms with Crippen LogP contribution >= 0.6 is 0 Å². The largest absolute Gasteiger partial charge is 0.348 e. The van der Waals surface area contributed by atoms with Crippen LogP contribution < -0.4 is 0 Å². The minimum atomic E-state index is -0.536. The molecule has 1 aromatic carbocycles. The van der Waals surface area contributed by atoms with E-state index in [0.29, 0.717) is 10.9 Å². The van der Waals surface area contributed by atoms with Crippen molar-refractivity contribution < 1.29 is 8.78 Å². The first-order valence-corrected chi connectivity index (χ1v) is 3.58. The molecule has 3 heteroatoms. The normalized spacial score (nSPS) is 10.9. The van der Waals surface area contributed by atoms with Crippen LogP contribution in [0, 0.1) is 11.6 Å². The van der Waals surface area contributed by atoms with E-state index in [0.717, 1.165) is 6.07 Å². The Bertz CT molecular complexity index is 431. The van der Waals surface area contributed by atoms with Crippen LogP contribution in [0.1, 0.15) is 0 Å². The highest BCUT2D eigenvalue weighted by molar-refractivity contribution is 5.80. The van der Waals surface area contributed by atoms with Gasteiger partial charge in [0.25, 0.3) is 0 Å². The fourth-order valence-corrected chi connectivity index (χ4v) is 1.35. The first-order chi connectivity index (χ1) is 5.68. The second-order valence-corrected chi connectivity index (χ2v) is 2.75. The second kappa shape index (κ2) is 2.30. The highest BCUT2D eigenvalue weighted by Gasteiger charge is 2.05. The Hall–Kier alpha value is -1.38. The average molecular weight is 167 g/mol. The summed E-state index contributed by atoms with van der Waals surface area (Å²) in [6, 6.07) is 3.89. The van der Waals surface area contributed by atoms with Gasteiger partial charge < -0.3 is 4.57 Å². The number of halogens is 2. The van der Waals surface area contributed by atoms with Gasteiger partial charge in [-0.3, -0.25) is 0 Å². The molecule has 1 heterocycles. The van der Waals surface area contributed by atoms with Gasteiger partial charge in [-0.1, -0.05) is 0 Å². The van der Waals surface area contributed by atoms with Gasteiger partial charge in [-0.15, -0.1) is 0 Å². The van der Waals surface area contributed by atoms with E-state index in [1.54, 1.807) is 23.9 Å². The molecule has 0 spiro atoms. The maximum absolute atomic E-state index is 13.1. The lowest BCUT2D eigenvalue weighted by atomic mass is 10.2. The highest BCUT2D eigenvalue weighted by Crippen LogP contribution is 2.19. The van der Waals surface area contributed by atoms with Crippen LogP contribution in [0.4, 0.5) is 8.78 Å². The molecular formula is C9H7F2N. The summed E-state index contributed by atoms with van der Waals surface area (Å²) in [6.45, 7) is 0. The van der Waals surface area contributed by atoms with E-state index in [1.165, 1.54) is 6.07 Å². The van der Waals surface area contributed by atoms with Gasteiger partial charge in [-0.2, -0.15) is 0 Å².